The summed E-state index contributed by atoms with van der Waals surface area (Å²) in [4.78, 5) is 12.4. The Morgan fingerprint density at radius 3 is 2.80 bits per heavy atom. The molecule has 0 aliphatic carbocycles. The summed E-state index contributed by atoms with van der Waals surface area (Å²) in [5, 5.41) is 10.6. The van der Waals surface area contributed by atoms with Crippen LogP contribution in [0.2, 0.25) is 0 Å². The Bertz CT molecular complexity index is 761. The second-order valence-corrected chi connectivity index (χ2v) is 5.41. The van der Waals surface area contributed by atoms with Crippen LogP contribution in [0.5, 0.6) is 0 Å². The van der Waals surface area contributed by atoms with Crippen molar-refractivity contribution in [1.29, 1.82) is 0 Å². The maximum Gasteiger partial charge on any atom is 0.191 e. The second-order valence-electron chi connectivity index (χ2n) is 4.46. The summed E-state index contributed by atoms with van der Waals surface area (Å²) >= 11 is 1.41. The highest BCUT2D eigenvalue weighted by molar-refractivity contribution is 7.99. The number of nitrogens with zero attached hydrogens (tertiary/aromatic N) is 3. The quantitative estimate of drug-likeness (QED) is 0.545. The van der Waals surface area contributed by atoms with E-state index in [0.717, 1.165) is 21.5 Å². The molecule has 0 saturated carbocycles. The molecule has 0 aliphatic rings. The molecule has 5 heteroatoms. The number of rotatable bonds is 4. The van der Waals surface area contributed by atoms with Gasteiger partial charge in [-0.25, -0.2) is 0 Å². The molecule has 0 amide bonds. The standard InChI is InChI=1S/C15H13N3OS/c1-18-10-16-17-15(18)20-9-14(19)13-8-4-6-11-5-2-3-7-12(11)13/h2-8,10H,9H2,1H3. The maximum absolute atomic E-state index is 12.4. The molecule has 0 atom stereocenters. The van der Waals surface area contributed by atoms with Crippen molar-refractivity contribution < 1.29 is 4.79 Å². The van der Waals surface area contributed by atoms with E-state index in [9.17, 15) is 4.79 Å². The van der Waals surface area contributed by atoms with Crippen LogP contribution in [-0.4, -0.2) is 26.3 Å². The number of aromatic nitrogens is 3. The first-order valence-electron chi connectivity index (χ1n) is 6.23. The fourth-order valence-electron chi connectivity index (χ4n) is 2.08. The van der Waals surface area contributed by atoms with Crippen LogP contribution < -0.4 is 0 Å². The molecule has 0 N–H and O–H groups in total. The smallest absolute Gasteiger partial charge is 0.191 e. The van der Waals surface area contributed by atoms with E-state index in [1.54, 1.807) is 10.9 Å². The predicted octanol–water partition coefficient (Wildman–Crippen LogP) is 2.94. The Morgan fingerprint density at radius 1 is 1.20 bits per heavy atom. The molecule has 0 fully saturated rings. The van der Waals surface area contributed by atoms with Gasteiger partial charge in [0.1, 0.15) is 6.33 Å². The number of carbonyl (C=O) groups is 1. The molecule has 0 radical (unpaired) electrons. The van der Waals surface area contributed by atoms with Crippen LogP contribution >= 0.6 is 11.8 Å². The Hall–Kier alpha value is -2.14. The first-order valence-corrected chi connectivity index (χ1v) is 7.22. The summed E-state index contributed by atoms with van der Waals surface area (Å²) < 4.78 is 1.81. The van der Waals surface area contributed by atoms with Gasteiger partial charge in [0.2, 0.25) is 0 Å². The van der Waals surface area contributed by atoms with Gasteiger partial charge in [-0.15, -0.1) is 10.2 Å². The van der Waals surface area contributed by atoms with Gasteiger partial charge in [-0.05, 0) is 10.8 Å². The molecular formula is C15H13N3OS. The normalized spacial score (nSPS) is 10.8. The maximum atomic E-state index is 12.4. The number of hydrogen-bond acceptors (Lipinski definition) is 4. The lowest BCUT2D eigenvalue weighted by molar-refractivity contribution is 0.102. The molecule has 1 aromatic heterocycles. The number of Topliss-reactive ketones (excluding diaryl/α,β-unsaturated/α-hetero) is 1. The SMILES string of the molecule is Cn1cnnc1SCC(=O)c1cccc2ccccc12. The van der Waals surface area contributed by atoms with Crippen LogP contribution in [0.15, 0.2) is 53.9 Å². The van der Waals surface area contributed by atoms with Gasteiger partial charge < -0.3 is 4.57 Å². The molecular weight excluding hydrogens is 270 g/mol. The van der Waals surface area contributed by atoms with Crippen molar-refractivity contribution in [3.63, 3.8) is 0 Å². The topological polar surface area (TPSA) is 47.8 Å². The van der Waals surface area contributed by atoms with E-state index in [1.165, 1.54) is 11.8 Å². The Kier molecular flexibility index (Phi) is 3.52. The minimum absolute atomic E-state index is 0.106. The van der Waals surface area contributed by atoms with E-state index < -0.39 is 0 Å². The van der Waals surface area contributed by atoms with Gasteiger partial charge in [0.15, 0.2) is 10.9 Å². The summed E-state index contributed by atoms with van der Waals surface area (Å²) in [6.45, 7) is 0. The first-order chi connectivity index (χ1) is 9.75. The number of carbonyl (C=O) groups excluding carboxylic acids is 1. The Labute approximate surface area is 120 Å². The molecule has 1 heterocycles. The van der Waals surface area contributed by atoms with Crippen LogP contribution in [0.4, 0.5) is 0 Å². The molecule has 3 aromatic rings. The molecule has 4 nitrogen and oxygen atoms in total. The lowest BCUT2D eigenvalue weighted by Gasteiger charge is -2.05. The molecule has 0 aliphatic heterocycles. The fourth-order valence-corrected chi connectivity index (χ4v) is 2.85. The van der Waals surface area contributed by atoms with E-state index in [2.05, 4.69) is 10.2 Å². The van der Waals surface area contributed by atoms with Crippen LogP contribution in [0, 0.1) is 0 Å². The number of aryl methyl sites for hydroxylation is 1. The summed E-state index contributed by atoms with van der Waals surface area (Å²) in [7, 11) is 1.87. The van der Waals surface area contributed by atoms with E-state index in [-0.39, 0.29) is 5.78 Å². The molecule has 0 unspecified atom stereocenters. The molecule has 20 heavy (non-hydrogen) atoms. The van der Waals surface area contributed by atoms with Crippen LogP contribution in [0.1, 0.15) is 10.4 Å². The van der Waals surface area contributed by atoms with Gasteiger partial charge in [-0.1, -0.05) is 54.2 Å². The summed E-state index contributed by atoms with van der Waals surface area (Å²) in [6.07, 6.45) is 1.63. The molecule has 0 saturated heterocycles. The van der Waals surface area contributed by atoms with Crippen molar-refractivity contribution in [2.24, 2.45) is 7.05 Å². The molecule has 3 rings (SSSR count). The van der Waals surface area contributed by atoms with Crippen LogP contribution in [0.3, 0.4) is 0 Å². The molecule has 0 spiro atoms. The van der Waals surface area contributed by atoms with Gasteiger partial charge in [0.05, 0.1) is 5.75 Å². The van der Waals surface area contributed by atoms with Crippen molar-refractivity contribution >= 4 is 28.3 Å². The Morgan fingerprint density at radius 2 is 2.00 bits per heavy atom. The highest BCUT2D eigenvalue weighted by atomic mass is 32.2. The lowest BCUT2D eigenvalue weighted by Crippen LogP contribution is -2.04. The minimum Gasteiger partial charge on any atom is -0.312 e. The van der Waals surface area contributed by atoms with E-state index in [0.29, 0.717) is 5.75 Å². The van der Waals surface area contributed by atoms with Gasteiger partial charge in [0.25, 0.3) is 0 Å². The number of benzene rings is 2. The zero-order chi connectivity index (χ0) is 13.9. The third-order valence-electron chi connectivity index (χ3n) is 3.09. The molecule has 2 aromatic carbocycles. The van der Waals surface area contributed by atoms with Crippen molar-refractivity contribution in [2.45, 2.75) is 5.16 Å². The Balaban J connectivity index is 1.84. The second kappa shape index (κ2) is 5.46. The zero-order valence-corrected chi connectivity index (χ0v) is 11.8. The van der Waals surface area contributed by atoms with Crippen molar-refractivity contribution in [2.75, 3.05) is 5.75 Å². The summed E-state index contributed by atoms with van der Waals surface area (Å²) in [5.41, 5.74) is 0.762. The monoisotopic (exact) mass is 283 g/mol. The number of fused-ring (bicyclic) bond motifs is 1. The van der Waals surface area contributed by atoms with Crippen molar-refractivity contribution in [3.05, 3.63) is 54.4 Å². The number of thioether (sulfide) groups is 1. The molecule has 100 valence electrons. The zero-order valence-electron chi connectivity index (χ0n) is 11.0. The lowest BCUT2D eigenvalue weighted by atomic mass is 10.0. The highest BCUT2D eigenvalue weighted by Crippen LogP contribution is 2.22. The highest BCUT2D eigenvalue weighted by Gasteiger charge is 2.11. The third-order valence-corrected chi connectivity index (χ3v) is 4.13. The fraction of sp³-hybridized carbons (Fsp3) is 0.133. The average Bonchev–Trinajstić information content (AvgIpc) is 2.89. The summed E-state index contributed by atoms with van der Waals surface area (Å²) in [6, 6.07) is 13.7. The van der Waals surface area contributed by atoms with Crippen molar-refractivity contribution in [1.82, 2.24) is 14.8 Å². The number of ketones is 1. The van der Waals surface area contributed by atoms with E-state index in [4.69, 9.17) is 0 Å². The van der Waals surface area contributed by atoms with Gasteiger partial charge >= 0.3 is 0 Å². The first kappa shape index (κ1) is 12.9. The predicted molar refractivity (Wildman–Crippen MR) is 80.0 cm³/mol. The third kappa shape index (κ3) is 2.44. The van der Waals surface area contributed by atoms with Crippen molar-refractivity contribution in [3.8, 4) is 0 Å². The molecule has 0 bridgehead atoms. The average molecular weight is 283 g/mol. The van der Waals surface area contributed by atoms with Gasteiger partial charge in [-0.3, -0.25) is 4.79 Å². The van der Waals surface area contributed by atoms with Crippen LogP contribution in [0.25, 0.3) is 10.8 Å². The van der Waals surface area contributed by atoms with Gasteiger partial charge in [0, 0.05) is 12.6 Å². The van der Waals surface area contributed by atoms with E-state index in [1.807, 2.05) is 49.5 Å². The summed E-state index contributed by atoms with van der Waals surface area (Å²) in [5.74, 6) is 0.468. The van der Waals surface area contributed by atoms with E-state index >= 15 is 0 Å². The number of hydrogen-bond donors (Lipinski definition) is 0. The van der Waals surface area contributed by atoms with Crippen LogP contribution in [-0.2, 0) is 7.05 Å². The minimum atomic E-state index is 0.106. The largest absolute Gasteiger partial charge is 0.312 e. The van der Waals surface area contributed by atoms with Gasteiger partial charge in [-0.2, -0.15) is 0 Å².